The van der Waals surface area contributed by atoms with E-state index in [2.05, 4.69) is 15.3 Å². The summed E-state index contributed by atoms with van der Waals surface area (Å²) in [7, 11) is 0. The Morgan fingerprint density at radius 1 is 0.833 bits per heavy atom. The molecule has 0 saturated heterocycles. The molecule has 2 aromatic heterocycles. The molecule has 1 unspecified atom stereocenters. The summed E-state index contributed by atoms with van der Waals surface area (Å²) in [6, 6.07) is 25.8. The third-order valence-electron chi connectivity index (χ3n) is 5.14. The molecule has 2 heterocycles. The molecular weight excluding hydrogens is 374 g/mol. The van der Waals surface area contributed by atoms with Crippen LogP contribution in [0.15, 0.2) is 85.1 Å². The topological polar surface area (TPSA) is 78.3 Å². The highest BCUT2D eigenvalue weighted by atomic mass is 16.5. The summed E-state index contributed by atoms with van der Waals surface area (Å²) < 4.78 is 7.60. The molecule has 6 heteroatoms. The van der Waals surface area contributed by atoms with Crippen LogP contribution in [0.4, 0.5) is 0 Å². The van der Waals surface area contributed by atoms with Crippen molar-refractivity contribution in [2.45, 2.75) is 19.1 Å². The smallest absolute Gasteiger partial charge is 0.185 e. The second-order valence-corrected chi connectivity index (χ2v) is 7.25. The second-order valence-electron chi connectivity index (χ2n) is 7.25. The monoisotopic (exact) mass is 395 g/mol. The fourth-order valence-corrected chi connectivity index (χ4v) is 3.55. The van der Waals surface area contributed by atoms with Crippen molar-refractivity contribution < 1.29 is 4.74 Å². The lowest BCUT2D eigenvalue weighted by atomic mass is 10.1. The molecule has 2 N–H and O–H groups in total. The maximum absolute atomic E-state index is 6.46. The van der Waals surface area contributed by atoms with Gasteiger partial charge in [-0.3, -0.25) is 0 Å². The molecule has 0 aliphatic heterocycles. The Morgan fingerprint density at radius 3 is 2.43 bits per heavy atom. The third kappa shape index (κ3) is 3.60. The van der Waals surface area contributed by atoms with E-state index in [9.17, 15) is 0 Å². The molecule has 3 aromatic carbocycles. The molecule has 0 spiro atoms. The van der Waals surface area contributed by atoms with Crippen molar-refractivity contribution in [3.63, 3.8) is 0 Å². The molecule has 1 atom stereocenters. The number of aromatic nitrogens is 4. The van der Waals surface area contributed by atoms with Crippen LogP contribution >= 0.6 is 0 Å². The van der Waals surface area contributed by atoms with E-state index in [0.717, 1.165) is 33.3 Å². The zero-order chi connectivity index (χ0) is 20.3. The van der Waals surface area contributed by atoms with E-state index in [1.165, 1.54) is 0 Å². The van der Waals surface area contributed by atoms with Gasteiger partial charge in [0.25, 0.3) is 0 Å². The minimum atomic E-state index is -0.315. The molecule has 0 saturated carbocycles. The first-order valence-corrected chi connectivity index (χ1v) is 9.88. The fourth-order valence-electron chi connectivity index (χ4n) is 3.55. The molecule has 30 heavy (non-hydrogen) atoms. The van der Waals surface area contributed by atoms with Gasteiger partial charge in [-0.2, -0.15) is 9.61 Å². The molecule has 6 nitrogen and oxygen atoms in total. The Kier molecular flexibility index (Phi) is 4.83. The molecule has 0 radical (unpaired) electrons. The Morgan fingerprint density at radius 2 is 1.60 bits per heavy atom. The highest BCUT2D eigenvalue weighted by Gasteiger charge is 2.17. The van der Waals surface area contributed by atoms with Crippen molar-refractivity contribution in [1.29, 1.82) is 0 Å². The van der Waals surface area contributed by atoms with E-state index >= 15 is 0 Å². The van der Waals surface area contributed by atoms with Gasteiger partial charge in [0.1, 0.15) is 12.4 Å². The van der Waals surface area contributed by atoms with Gasteiger partial charge < -0.3 is 10.5 Å². The van der Waals surface area contributed by atoms with Gasteiger partial charge in [0, 0.05) is 10.8 Å². The molecule has 0 bridgehead atoms. The highest BCUT2D eigenvalue weighted by Crippen LogP contribution is 2.22. The summed E-state index contributed by atoms with van der Waals surface area (Å²) in [4.78, 5) is 0. The second kappa shape index (κ2) is 7.93. The van der Waals surface area contributed by atoms with Gasteiger partial charge in [0.05, 0.1) is 12.2 Å². The molecule has 5 rings (SSSR count). The normalized spacial score (nSPS) is 12.3. The number of rotatable bonds is 6. The van der Waals surface area contributed by atoms with Gasteiger partial charge in [0.2, 0.25) is 0 Å². The van der Waals surface area contributed by atoms with Crippen molar-refractivity contribution in [2.24, 2.45) is 5.73 Å². The van der Waals surface area contributed by atoms with E-state index < -0.39 is 0 Å². The van der Waals surface area contributed by atoms with Crippen LogP contribution < -0.4 is 10.5 Å². The minimum Gasteiger partial charge on any atom is -0.489 e. The van der Waals surface area contributed by atoms with E-state index in [0.29, 0.717) is 18.9 Å². The summed E-state index contributed by atoms with van der Waals surface area (Å²) in [5.74, 6) is 1.48. The highest BCUT2D eigenvalue weighted by molar-refractivity contribution is 5.92. The lowest BCUT2D eigenvalue weighted by Crippen LogP contribution is -2.17. The lowest BCUT2D eigenvalue weighted by molar-refractivity contribution is 0.306. The molecule has 0 aliphatic rings. The van der Waals surface area contributed by atoms with Gasteiger partial charge in [-0.05, 0) is 29.7 Å². The number of fused-ring (bicyclic) bond motifs is 3. The van der Waals surface area contributed by atoms with Crippen molar-refractivity contribution in [3.8, 4) is 5.75 Å². The van der Waals surface area contributed by atoms with Gasteiger partial charge in [-0.25, -0.2) is 0 Å². The first-order valence-electron chi connectivity index (χ1n) is 9.88. The Labute approximate surface area is 173 Å². The number of nitrogens with two attached hydrogens (primary N) is 1. The Hall–Kier alpha value is -3.77. The quantitative estimate of drug-likeness (QED) is 0.468. The minimum absolute atomic E-state index is 0.315. The molecule has 5 aromatic rings. The standard InChI is InChI=1S/C24H21N5O/c25-22(24-28-27-23-21-9-5-4-8-19(21)15-26-29(23)24)14-17-10-12-20(13-11-17)30-16-18-6-2-1-3-7-18/h1-13,15,22H,14,16,25H2. The average Bonchev–Trinajstić information content (AvgIpc) is 3.24. The average molecular weight is 395 g/mol. The maximum atomic E-state index is 6.46. The molecule has 0 amide bonds. The van der Waals surface area contributed by atoms with Gasteiger partial charge >= 0.3 is 0 Å². The van der Waals surface area contributed by atoms with Crippen molar-refractivity contribution >= 4 is 16.4 Å². The van der Waals surface area contributed by atoms with E-state index in [-0.39, 0.29) is 6.04 Å². The summed E-state index contributed by atoms with van der Waals surface area (Å²) >= 11 is 0. The van der Waals surface area contributed by atoms with Crippen LogP contribution in [-0.4, -0.2) is 19.8 Å². The fraction of sp³-hybridized carbons (Fsp3) is 0.125. The van der Waals surface area contributed by atoms with E-state index in [1.54, 1.807) is 4.52 Å². The van der Waals surface area contributed by atoms with Gasteiger partial charge in [-0.15, -0.1) is 10.2 Å². The molecule has 148 valence electrons. The summed E-state index contributed by atoms with van der Waals surface area (Å²) in [6.07, 6.45) is 2.45. The molecular formula is C24H21N5O. The summed E-state index contributed by atoms with van der Waals surface area (Å²) in [5.41, 5.74) is 9.43. The van der Waals surface area contributed by atoms with Gasteiger partial charge in [-0.1, -0.05) is 66.7 Å². The first kappa shape index (κ1) is 18.3. The Balaban J connectivity index is 1.30. The van der Waals surface area contributed by atoms with Crippen LogP contribution in [0.2, 0.25) is 0 Å². The largest absolute Gasteiger partial charge is 0.489 e. The predicted molar refractivity (Wildman–Crippen MR) is 116 cm³/mol. The summed E-state index contributed by atoms with van der Waals surface area (Å²) in [5, 5.41) is 15.2. The Bertz CT molecular complexity index is 1280. The molecule has 0 fully saturated rings. The van der Waals surface area contributed by atoms with Crippen LogP contribution in [0, 0.1) is 0 Å². The zero-order valence-electron chi connectivity index (χ0n) is 16.3. The first-order chi connectivity index (χ1) is 14.8. The van der Waals surface area contributed by atoms with E-state index in [1.807, 2.05) is 85.1 Å². The van der Waals surface area contributed by atoms with Crippen molar-refractivity contribution in [1.82, 2.24) is 19.8 Å². The van der Waals surface area contributed by atoms with Crippen molar-refractivity contribution in [2.75, 3.05) is 0 Å². The van der Waals surface area contributed by atoms with Crippen molar-refractivity contribution in [3.05, 3.63) is 102 Å². The predicted octanol–water partition coefficient (Wildman–Crippen LogP) is 4.10. The van der Waals surface area contributed by atoms with Crippen LogP contribution in [0.25, 0.3) is 16.4 Å². The third-order valence-corrected chi connectivity index (χ3v) is 5.14. The number of nitrogens with zero attached hydrogens (tertiary/aromatic N) is 4. The SMILES string of the molecule is NC(Cc1ccc(OCc2ccccc2)cc1)c1nnc2c3ccccc3cnn12. The van der Waals surface area contributed by atoms with Gasteiger partial charge in [0.15, 0.2) is 11.5 Å². The maximum Gasteiger partial charge on any atom is 0.185 e. The number of benzene rings is 3. The van der Waals surface area contributed by atoms with Crippen LogP contribution in [0.3, 0.4) is 0 Å². The number of ether oxygens (including phenoxy) is 1. The number of hydrogen-bond donors (Lipinski definition) is 1. The summed E-state index contributed by atoms with van der Waals surface area (Å²) in [6.45, 7) is 0.547. The van der Waals surface area contributed by atoms with Crippen LogP contribution in [-0.2, 0) is 13.0 Å². The lowest BCUT2D eigenvalue weighted by Gasteiger charge is -2.11. The van der Waals surface area contributed by atoms with E-state index in [4.69, 9.17) is 10.5 Å². The zero-order valence-corrected chi connectivity index (χ0v) is 16.3. The van der Waals surface area contributed by atoms with Crippen LogP contribution in [0.1, 0.15) is 23.0 Å². The molecule has 0 aliphatic carbocycles. The number of hydrogen-bond acceptors (Lipinski definition) is 5. The van der Waals surface area contributed by atoms with Crippen LogP contribution in [0.5, 0.6) is 5.75 Å².